The van der Waals surface area contributed by atoms with Gasteiger partial charge in [0.15, 0.2) is 0 Å². The molecule has 35 heavy (non-hydrogen) atoms. The molecule has 2 amide bonds. The topological polar surface area (TPSA) is 123 Å². The minimum absolute atomic E-state index is 0.0235. The Hall–Kier alpha value is -3.43. The number of rotatable bonds is 10. The second-order valence-corrected chi connectivity index (χ2v) is 8.87. The molecule has 1 fully saturated rings. The molecule has 2 aliphatic rings. The summed E-state index contributed by atoms with van der Waals surface area (Å²) in [5.41, 5.74) is 6.85. The third kappa shape index (κ3) is 5.63. The number of carboxylic acid groups (broad SMARTS) is 1. The second kappa shape index (κ2) is 11.3. The molecule has 0 aromatic heterocycles. The summed E-state index contributed by atoms with van der Waals surface area (Å²) in [6.07, 6.45) is 0.411. The van der Waals surface area contributed by atoms with Crippen molar-refractivity contribution in [2.75, 3.05) is 26.9 Å². The summed E-state index contributed by atoms with van der Waals surface area (Å²) in [6, 6.07) is 16.3. The molecule has 0 saturated heterocycles. The van der Waals surface area contributed by atoms with E-state index in [-0.39, 0.29) is 37.5 Å². The molecule has 0 bridgehead atoms. The maximum absolute atomic E-state index is 12.6. The van der Waals surface area contributed by atoms with E-state index in [9.17, 15) is 14.4 Å². The van der Waals surface area contributed by atoms with Crippen molar-refractivity contribution in [3.8, 4) is 11.1 Å². The van der Waals surface area contributed by atoms with Gasteiger partial charge in [0, 0.05) is 25.5 Å². The lowest BCUT2D eigenvalue weighted by Gasteiger charge is -2.21. The SMILES string of the molecule is COCC(ONC(=O)C1CCCC1CNC(=O)OCC1c2ccccc2-c2ccccc21)C(=O)O. The fourth-order valence-electron chi connectivity index (χ4n) is 5.00. The Kier molecular flexibility index (Phi) is 7.99. The van der Waals surface area contributed by atoms with E-state index < -0.39 is 24.1 Å². The molecule has 2 aromatic carbocycles. The van der Waals surface area contributed by atoms with Gasteiger partial charge in [0.2, 0.25) is 12.0 Å². The van der Waals surface area contributed by atoms with Crippen LogP contribution in [0, 0.1) is 11.8 Å². The molecule has 3 N–H and O–H groups in total. The summed E-state index contributed by atoms with van der Waals surface area (Å²) < 4.78 is 10.4. The predicted octanol–water partition coefficient (Wildman–Crippen LogP) is 3.09. The van der Waals surface area contributed by atoms with Crippen LogP contribution in [-0.4, -0.2) is 56.0 Å². The largest absolute Gasteiger partial charge is 0.479 e. The minimum atomic E-state index is -1.29. The molecule has 0 spiro atoms. The van der Waals surface area contributed by atoms with E-state index in [1.165, 1.54) is 7.11 Å². The van der Waals surface area contributed by atoms with Gasteiger partial charge in [0.25, 0.3) is 0 Å². The van der Waals surface area contributed by atoms with Crippen LogP contribution in [-0.2, 0) is 23.9 Å². The average Bonchev–Trinajstić information content (AvgIpc) is 3.46. The number of alkyl carbamates (subject to hydrolysis) is 1. The van der Waals surface area contributed by atoms with Crippen LogP contribution in [0.4, 0.5) is 4.79 Å². The number of amides is 2. The van der Waals surface area contributed by atoms with Crippen molar-refractivity contribution in [1.29, 1.82) is 0 Å². The minimum Gasteiger partial charge on any atom is -0.479 e. The highest BCUT2D eigenvalue weighted by Gasteiger charge is 2.34. The third-order valence-corrected chi connectivity index (χ3v) is 6.74. The van der Waals surface area contributed by atoms with E-state index in [0.717, 1.165) is 35.1 Å². The molecule has 2 aromatic rings. The molecule has 0 radical (unpaired) electrons. The van der Waals surface area contributed by atoms with E-state index >= 15 is 0 Å². The molecule has 3 unspecified atom stereocenters. The van der Waals surface area contributed by atoms with Crippen LogP contribution in [0.1, 0.15) is 36.3 Å². The number of hydroxylamine groups is 1. The van der Waals surface area contributed by atoms with E-state index in [1.54, 1.807) is 0 Å². The monoisotopic (exact) mass is 482 g/mol. The molecule has 0 aliphatic heterocycles. The number of aliphatic carboxylic acids is 1. The summed E-state index contributed by atoms with van der Waals surface area (Å²) in [5, 5.41) is 11.9. The van der Waals surface area contributed by atoms with Crippen LogP contribution in [0.3, 0.4) is 0 Å². The summed E-state index contributed by atoms with van der Waals surface area (Å²) >= 11 is 0. The Bertz CT molecular complexity index is 1030. The number of carbonyl (C=O) groups excluding carboxylic acids is 2. The van der Waals surface area contributed by atoms with E-state index in [4.69, 9.17) is 19.4 Å². The molecule has 0 heterocycles. The number of ether oxygens (including phenoxy) is 2. The van der Waals surface area contributed by atoms with Crippen LogP contribution in [0.25, 0.3) is 11.1 Å². The predicted molar refractivity (Wildman–Crippen MR) is 126 cm³/mol. The number of carboxylic acids is 1. The van der Waals surface area contributed by atoms with Crippen molar-refractivity contribution >= 4 is 18.0 Å². The Labute approximate surface area is 203 Å². The van der Waals surface area contributed by atoms with Crippen molar-refractivity contribution in [1.82, 2.24) is 10.8 Å². The highest BCUT2D eigenvalue weighted by atomic mass is 16.7. The quantitative estimate of drug-likeness (QED) is 0.445. The number of benzene rings is 2. The molecular formula is C26H30N2O7. The van der Waals surface area contributed by atoms with Crippen molar-refractivity contribution in [3.63, 3.8) is 0 Å². The second-order valence-electron chi connectivity index (χ2n) is 8.87. The first-order valence-electron chi connectivity index (χ1n) is 11.8. The van der Waals surface area contributed by atoms with E-state index in [1.807, 2.05) is 24.3 Å². The number of nitrogens with one attached hydrogen (secondary N) is 2. The first kappa shape index (κ1) is 24.7. The zero-order valence-corrected chi connectivity index (χ0v) is 19.6. The van der Waals surface area contributed by atoms with Gasteiger partial charge in [-0.2, -0.15) is 0 Å². The molecule has 186 valence electrons. The van der Waals surface area contributed by atoms with Gasteiger partial charge in [-0.05, 0) is 41.0 Å². The molecule has 3 atom stereocenters. The number of hydrogen-bond acceptors (Lipinski definition) is 6. The lowest BCUT2D eigenvalue weighted by atomic mass is 9.95. The lowest BCUT2D eigenvalue weighted by Crippen LogP contribution is -2.42. The Morgan fingerprint density at radius 1 is 1.03 bits per heavy atom. The maximum atomic E-state index is 12.6. The zero-order valence-electron chi connectivity index (χ0n) is 19.6. The summed E-state index contributed by atoms with van der Waals surface area (Å²) in [7, 11) is 1.35. The van der Waals surface area contributed by atoms with Gasteiger partial charge in [0.05, 0.1) is 6.61 Å². The van der Waals surface area contributed by atoms with Crippen LogP contribution >= 0.6 is 0 Å². The smallest absolute Gasteiger partial charge is 0.407 e. The first-order valence-corrected chi connectivity index (χ1v) is 11.8. The summed E-state index contributed by atoms with van der Waals surface area (Å²) in [5.74, 6) is -2.13. The van der Waals surface area contributed by atoms with Crippen molar-refractivity contribution < 1.29 is 33.8 Å². The maximum Gasteiger partial charge on any atom is 0.407 e. The number of hydrogen-bond donors (Lipinski definition) is 3. The molecule has 9 nitrogen and oxygen atoms in total. The zero-order chi connectivity index (χ0) is 24.8. The normalized spacial score (nSPS) is 19.5. The fraction of sp³-hybridized carbons (Fsp3) is 0.423. The van der Waals surface area contributed by atoms with Gasteiger partial charge in [-0.25, -0.2) is 15.1 Å². The molecule has 1 saturated carbocycles. The lowest BCUT2D eigenvalue weighted by molar-refractivity contribution is -0.166. The third-order valence-electron chi connectivity index (χ3n) is 6.74. The summed E-state index contributed by atoms with van der Waals surface area (Å²) in [4.78, 5) is 41.2. The molecule has 2 aliphatic carbocycles. The van der Waals surface area contributed by atoms with Gasteiger partial charge < -0.3 is 19.9 Å². The van der Waals surface area contributed by atoms with E-state index in [2.05, 4.69) is 35.1 Å². The number of carbonyl (C=O) groups is 3. The van der Waals surface area contributed by atoms with E-state index in [0.29, 0.717) is 6.42 Å². The Morgan fingerprint density at radius 3 is 2.31 bits per heavy atom. The average molecular weight is 483 g/mol. The van der Waals surface area contributed by atoms with Crippen molar-refractivity contribution in [2.45, 2.75) is 31.3 Å². The Morgan fingerprint density at radius 2 is 1.69 bits per heavy atom. The fourth-order valence-corrected chi connectivity index (χ4v) is 5.00. The van der Waals surface area contributed by atoms with Gasteiger partial charge >= 0.3 is 12.1 Å². The number of methoxy groups -OCH3 is 1. The van der Waals surface area contributed by atoms with Gasteiger partial charge in [0.1, 0.15) is 6.61 Å². The highest BCUT2D eigenvalue weighted by molar-refractivity contribution is 5.80. The van der Waals surface area contributed by atoms with Gasteiger partial charge in [-0.15, -0.1) is 0 Å². The van der Waals surface area contributed by atoms with Crippen molar-refractivity contribution in [3.05, 3.63) is 59.7 Å². The van der Waals surface area contributed by atoms with Crippen LogP contribution in [0.15, 0.2) is 48.5 Å². The van der Waals surface area contributed by atoms with Gasteiger partial charge in [-0.3, -0.25) is 9.63 Å². The van der Waals surface area contributed by atoms with Crippen molar-refractivity contribution in [2.24, 2.45) is 11.8 Å². The standard InChI is InChI=1S/C26H30N2O7/c1-33-15-23(25(30)31)35-28-24(29)17-12-6-7-16(17)13-27-26(32)34-14-22-20-10-4-2-8-18(20)19-9-3-5-11-21(19)22/h2-5,8-11,16-17,22-23H,6-7,12-15H2,1H3,(H,27,32)(H,28,29)(H,30,31). The molecule has 9 heteroatoms. The molecular weight excluding hydrogens is 452 g/mol. The highest BCUT2D eigenvalue weighted by Crippen LogP contribution is 2.44. The van der Waals surface area contributed by atoms with Crippen LogP contribution < -0.4 is 10.8 Å². The Balaban J connectivity index is 1.27. The van der Waals surface area contributed by atoms with Gasteiger partial charge in [-0.1, -0.05) is 55.0 Å². The number of fused-ring (bicyclic) bond motifs is 3. The van der Waals surface area contributed by atoms with Crippen LogP contribution in [0.5, 0.6) is 0 Å². The van der Waals surface area contributed by atoms with Crippen LogP contribution in [0.2, 0.25) is 0 Å². The first-order chi connectivity index (χ1) is 17.0. The summed E-state index contributed by atoms with van der Waals surface area (Å²) in [6.45, 7) is 0.320. The molecule has 4 rings (SSSR count).